The molecule has 0 bridgehead atoms. The summed E-state index contributed by atoms with van der Waals surface area (Å²) in [4.78, 5) is 12.2. The molecule has 1 aliphatic rings. The minimum atomic E-state index is -0.0749. The van der Waals surface area contributed by atoms with Crippen LogP contribution in [0, 0.1) is 11.8 Å². The molecule has 1 aromatic carbocycles. The normalized spacial score (nSPS) is 21.8. The fourth-order valence-electron chi connectivity index (χ4n) is 3.02. The maximum absolute atomic E-state index is 12.2. The summed E-state index contributed by atoms with van der Waals surface area (Å²) in [5.41, 5.74) is 0. The van der Waals surface area contributed by atoms with Crippen molar-refractivity contribution in [2.75, 3.05) is 7.11 Å². The quantitative estimate of drug-likeness (QED) is 0.567. The molecule has 3 nitrogen and oxygen atoms in total. The van der Waals surface area contributed by atoms with Crippen molar-refractivity contribution in [1.29, 1.82) is 0 Å². The first-order valence-electron chi connectivity index (χ1n) is 8.08. The lowest BCUT2D eigenvalue weighted by Gasteiger charge is -2.27. The van der Waals surface area contributed by atoms with Gasteiger partial charge in [0.15, 0.2) is 0 Å². The molecule has 21 heavy (non-hydrogen) atoms. The first kappa shape index (κ1) is 15.9. The molecule has 0 heterocycles. The average Bonchev–Trinajstić information content (AvgIpc) is 2.54. The van der Waals surface area contributed by atoms with Crippen molar-refractivity contribution in [3.63, 3.8) is 0 Å². The Morgan fingerprint density at radius 2 is 1.71 bits per heavy atom. The standard InChI is InChI=1S/C18H26O3/c1-3-4-5-14-6-8-15(9-7-14)18(19)21-17-12-10-16(20-2)11-13-17/h10-15H,3-9H2,1-2H3. The SMILES string of the molecule is CCCCC1CCC(C(=O)Oc2ccc(OC)cc2)CC1. The first-order valence-corrected chi connectivity index (χ1v) is 8.08. The number of rotatable bonds is 6. The third-order valence-corrected chi connectivity index (χ3v) is 4.42. The Morgan fingerprint density at radius 1 is 1.10 bits per heavy atom. The summed E-state index contributed by atoms with van der Waals surface area (Å²) in [6.07, 6.45) is 8.18. The average molecular weight is 290 g/mol. The molecule has 0 unspecified atom stereocenters. The summed E-state index contributed by atoms with van der Waals surface area (Å²) in [5, 5.41) is 0. The molecule has 1 saturated carbocycles. The van der Waals surface area contributed by atoms with Crippen molar-refractivity contribution in [3.05, 3.63) is 24.3 Å². The number of ether oxygens (including phenoxy) is 2. The van der Waals surface area contributed by atoms with Gasteiger partial charge in [-0.05, 0) is 55.9 Å². The van der Waals surface area contributed by atoms with Gasteiger partial charge in [-0.15, -0.1) is 0 Å². The van der Waals surface area contributed by atoms with Gasteiger partial charge in [0.1, 0.15) is 11.5 Å². The van der Waals surface area contributed by atoms with Crippen LogP contribution in [0.5, 0.6) is 11.5 Å². The second-order valence-corrected chi connectivity index (χ2v) is 5.96. The molecule has 0 atom stereocenters. The molecular weight excluding hydrogens is 264 g/mol. The van der Waals surface area contributed by atoms with Crippen LogP contribution in [0.3, 0.4) is 0 Å². The summed E-state index contributed by atoms with van der Waals surface area (Å²) >= 11 is 0. The largest absolute Gasteiger partial charge is 0.497 e. The predicted molar refractivity (Wildman–Crippen MR) is 83.6 cm³/mol. The van der Waals surface area contributed by atoms with Crippen LogP contribution in [-0.4, -0.2) is 13.1 Å². The lowest BCUT2D eigenvalue weighted by molar-refractivity contribution is -0.140. The molecule has 0 aliphatic heterocycles. The Kier molecular flexibility index (Phi) is 6.09. The number of methoxy groups -OCH3 is 1. The molecule has 0 spiro atoms. The highest BCUT2D eigenvalue weighted by Crippen LogP contribution is 2.33. The molecule has 3 heteroatoms. The molecule has 1 aliphatic carbocycles. The van der Waals surface area contributed by atoms with E-state index in [0.29, 0.717) is 5.75 Å². The highest BCUT2D eigenvalue weighted by Gasteiger charge is 2.27. The summed E-state index contributed by atoms with van der Waals surface area (Å²) in [7, 11) is 1.62. The zero-order valence-electron chi connectivity index (χ0n) is 13.1. The molecule has 0 saturated heterocycles. The summed E-state index contributed by atoms with van der Waals surface area (Å²) in [5.74, 6) is 2.19. The van der Waals surface area contributed by atoms with Crippen LogP contribution in [0.4, 0.5) is 0 Å². The van der Waals surface area contributed by atoms with Gasteiger partial charge in [0.25, 0.3) is 0 Å². The Morgan fingerprint density at radius 3 is 2.29 bits per heavy atom. The maximum atomic E-state index is 12.2. The number of carbonyl (C=O) groups is 1. The lowest BCUT2D eigenvalue weighted by Crippen LogP contribution is -2.25. The van der Waals surface area contributed by atoms with Crippen LogP contribution < -0.4 is 9.47 Å². The van der Waals surface area contributed by atoms with Gasteiger partial charge >= 0.3 is 5.97 Å². The molecule has 2 rings (SSSR count). The zero-order valence-corrected chi connectivity index (χ0v) is 13.1. The Hall–Kier alpha value is -1.51. The van der Waals surface area contributed by atoms with Crippen molar-refractivity contribution >= 4 is 5.97 Å². The van der Waals surface area contributed by atoms with Gasteiger partial charge in [0.2, 0.25) is 0 Å². The van der Waals surface area contributed by atoms with Crippen LogP contribution in [-0.2, 0) is 4.79 Å². The van der Waals surface area contributed by atoms with Crippen LogP contribution >= 0.6 is 0 Å². The van der Waals surface area contributed by atoms with Gasteiger partial charge in [0, 0.05) is 0 Å². The van der Waals surface area contributed by atoms with Crippen molar-refractivity contribution in [2.24, 2.45) is 11.8 Å². The summed E-state index contributed by atoms with van der Waals surface area (Å²) in [6.45, 7) is 2.23. The van der Waals surface area contributed by atoms with E-state index < -0.39 is 0 Å². The van der Waals surface area contributed by atoms with E-state index in [1.165, 1.54) is 32.1 Å². The monoisotopic (exact) mass is 290 g/mol. The van der Waals surface area contributed by atoms with Gasteiger partial charge in [-0.1, -0.05) is 26.2 Å². The molecule has 0 N–H and O–H groups in total. The molecule has 116 valence electrons. The van der Waals surface area contributed by atoms with Crippen LogP contribution in [0.25, 0.3) is 0 Å². The molecule has 0 aromatic heterocycles. The van der Waals surface area contributed by atoms with Crippen LogP contribution in [0.15, 0.2) is 24.3 Å². The first-order chi connectivity index (χ1) is 10.2. The predicted octanol–water partition coefficient (Wildman–Crippen LogP) is 4.60. The van der Waals surface area contributed by atoms with E-state index >= 15 is 0 Å². The van der Waals surface area contributed by atoms with Crippen LogP contribution in [0.1, 0.15) is 51.9 Å². The van der Waals surface area contributed by atoms with E-state index in [0.717, 1.165) is 24.5 Å². The fraction of sp³-hybridized carbons (Fsp3) is 0.611. The Balaban J connectivity index is 1.78. The lowest BCUT2D eigenvalue weighted by atomic mass is 9.80. The maximum Gasteiger partial charge on any atom is 0.314 e. The summed E-state index contributed by atoms with van der Waals surface area (Å²) < 4.78 is 10.6. The Bertz CT molecular complexity index is 430. The molecule has 0 radical (unpaired) electrons. The van der Waals surface area contributed by atoms with E-state index in [1.54, 1.807) is 19.2 Å². The minimum Gasteiger partial charge on any atom is -0.497 e. The smallest absolute Gasteiger partial charge is 0.314 e. The third-order valence-electron chi connectivity index (χ3n) is 4.42. The third kappa shape index (κ3) is 4.76. The number of hydrogen-bond acceptors (Lipinski definition) is 3. The number of unbranched alkanes of at least 4 members (excludes halogenated alkanes) is 1. The van der Waals surface area contributed by atoms with E-state index in [9.17, 15) is 4.79 Å². The fourth-order valence-corrected chi connectivity index (χ4v) is 3.02. The van der Waals surface area contributed by atoms with Gasteiger partial charge < -0.3 is 9.47 Å². The van der Waals surface area contributed by atoms with Crippen molar-refractivity contribution in [1.82, 2.24) is 0 Å². The number of hydrogen-bond donors (Lipinski definition) is 0. The van der Waals surface area contributed by atoms with Gasteiger partial charge in [-0.2, -0.15) is 0 Å². The Labute approximate surface area is 127 Å². The number of esters is 1. The van der Waals surface area contributed by atoms with Crippen molar-refractivity contribution in [3.8, 4) is 11.5 Å². The van der Waals surface area contributed by atoms with Crippen molar-refractivity contribution in [2.45, 2.75) is 51.9 Å². The highest BCUT2D eigenvalue weighted by atomic mass is 16.5. The van der Waals surface area contributed by atoms with Gasteiger partial charge in [0.05, 0.1) is 13.0 Å². The molecule has 1 fully saturated rings. The van der Waals surface area contributed by atoms with E-state index in [1.807, 2.05) is 12.1 Å². The van der Waals surface area contributed by atoms with Gasteiger partial charge in [-0.25, -0.2) is 0 Å². The zero-order chi connectivity index (χ0) is 15.1. The van der Waals surface area contributed by atoms with Crippen LogP contribution in [0.2, 0.25) is 0 Å². The number of benzene rings is 1. The molecular formula is C18H26O3. The molecule has 1 aromatic rings. The second-order valence-electron chi connectivity index (χ2n) is 5.96. The van der Waals surface area contributed by atoms with E-state index in [2.05, 4.69) is 6.92 Å². The highest BCUT2D eigenvalue weighted by molar-refractivity contribution is 5.75. The van der Waals surface area contributed by atoms with Gasteiger partial charge in [-0.3, -0.25) is 4.79 Å². The summed E-state index contributed by atoms with van der Waals surface area (Å²) in [6, 6.07) is 7.18. The van der Waals surface area contributed by atoms with E-state index in [4.69, 9.17) is 9.47 Å². The minimum absolute atomic E-state index is 0.0741. The second kappa shape index (κ2) is 8.06. The number of carbonyl (C=O) groups excluding carboxylic acids is 1. The van der Waals surface area contributed by atoms with E-state index in [-0.39, 0.29) is 11.9 Å². The van der Waals surface area contributed by atoms with Crippen molar-refractivity contribution < 1.29 is 14.3 Å². The topological polar surface area (TPSA) is 35.5 Å². The molecule has 0 amide bonds.